The summed E-state index contributed by atoms with van der Waals surface area (Å²) in [6, 6.07) is 3.95. The third-order valence-corrected chi connectivity index (χ3v) is 3.95. The molecule has 0 saturated carbocycles. The Balaban J connectivity index is 0.000000753. The maximum Gasteiger partial charge on any atom is 0.220 e. The molecule has 7 heteroatoms. The third-order valence-electron chi connectivity index (χ3n) is 3.95. The molecule has 7 nitrogen and oxygen atoms in total. The van der Waals surface area contributed by atoms with Crippen molar-refractivity contribution in [2.45, 2.75) is 12.8 Å². The average molecular weight is 310 g/mol. The van der Waals surface area contributed by atoms with Crippen LogP contribution in [0.5, 0.6) is 0 Å². The molecular weight excluding hydrogens is 292 g/mol. The Morgan fingerprint density at radius 1 is 1.13 bits per heavy atom. The van der Waals surface area contributed by atoms with Crippen LogP contribution in [0, 0.1) is 0 Å². The summed E-state index contributed by atoms with van der Waals surface area (Å²) >= 11 is 0. The normalized spacial score (nSPS) is 13.8. The van der Waals surface area contributed by atoms with Crippen molar-refractivity contribution >= 4 is 29.5 Å². The Morgan fingerprint density at radius 2 is 1.87 bits per heavy atom. The second kappa shape index (κ2) is 6.43. The van der Waals surface area contributed by atoms with Gasteiger partial charge in [-0.15, -0.1) is 0 Å². The van der Waals surface area contributed by atoms with Crippen molar-refractivity contribution in [2.75, 3.05) is 23.7 Å². The molecular formula is C16H18N6O. The summed E-state index contributed by atoms with van der Waals surface area (Å²) in [6.45, 7) is 4.19. The molecule has 1 saturated heterocycles. The fourth-order valence-corrected chi connectivity index (χ4v) is 2.99. The Hall–Kier alpha value is -2.96. The van der Waals surface area contributed by atoms with Crippen LogP contribution in [0.2, 0.25) is 0 Å². The van der Waals surface area contributed by atoms with Gasteiger partial charge in [-0.25, -0.2) is 15.0 Å². The molecule has 4 heterocycles. The number of nitrogens with one attached hydrogen (secondary N) is 1. The lowest BCUT2D eigenvalue weighted by Crippen LogP contribution is -2.17. The lowest BCUT2D eigenvalue weighted by molar-refractivity contribution is -0.0979. The quantitative estimate of drug-likeness (QED) is 0.751. The first-order valence-electron chi connectivity index (χ1n) is 7.42. The highest BCUT2D eigenvalue weighted by Crippen LogP contribution is 2.35. The molecule has 118 valence electrons. The van der Waals surface area contributed by atoms with Gasteiger partial charge in [0, 0.05) is 42.9 Å². The third kappa shape index (κ3) is 2.73. The van der Waals surface area contributed by atoms with E-state index in [1.54, 1.807) is 6.20 Å². The van der Waals surface area contributed by atoms with Gasteiger partial charge in [-0.3, -0.25) is 0 Å². The van der Waals surface area contributed by atoms with Crippen LogP contribution in [-0.4, -0.2) is 39.8 Å². The second-order valence-corrected chi connectivity index (χ2v) is 5.25. The fourth-order valence-electron chi connectivity index (χ4n) is 2.99. The first kappa shape index (κ1) is 15.0. The summed E-state index contributed by atoms with van der Waals surface area (Å²) in [4.78, 5) is 26.4. The van der Waals surface area contributed by atoms with Crippen molar-refractivity contribution in [1.82, 2.24) is 19.9 Å². The first-order chi connectivity index (χ1) is 11.3. The molecule has 3 N–H and O–H groups in total. The van der Waals surface area contributed by atoms with E-state index in [9.17, 15) is 0 Å². The van der Waals surface area contributed by atoms with Crippen LogP contribution in [0.15, 0.2) is 30.7 Å². The van der Waals surface area contributed by atoms with Gasteiger partial charge in [0.05, 0.1) is 11.1 Å². The summed E-state index contributed by atoms with van der Waals surface area (Å²) in [7, 11) is 0. The van der Waals surface area contributed by atoms with E-state index in [0.29, 0.717) is 0 Å². The first-order valence-corrected chi connectivity index (χ1v) is 7.42. The van der Waals surface area contributed by atoms with Crippen LogP contribution in [0.3, 0.4) is 0 Å². The molecule has 0 aromatic carbocycles. The zero-order valence-corrected chi connectivity index (χ0v) is 12.7. The minimum Gasteiger partial charge on any atom is -0.371 e. The largest absolute Gasteiger partial charge is 0.371 e. The molecule has 1 aliphatic heterocycles. The Morgan fingerprint density at radius 3 is 2.61 bits per heavy atom. The number of carbonyl (C=O) groups excluding carboxylic acids is 1. The van der Waals surface area contributed by atoms with Gasteiger partial charge in [0.15, 0.2) is 0 Å². The molecule has 0 unspecified atom stereocenters. The number of nitrogens with zero attached hydrogens (tertiary/aromatic N) is 4. The SMILES string of the molecule is C=O.Nc1nccc(-c2c[nH]c3nccc(N4CCCC4)c23)n1. The molecule has 0 bridgehead atoms. The molecule has 4 rings (SSSR count). The summed E-state index contributed by atoms with van der Waals surface area (Å²) in [5, 5.41) is 1.11. The van der Waals surface area contributed by atoms with Crippen molar-refractivity contribution in [2.24, 2.45) is 0 Å². The molecule has 23 heavy (non-hydrogen) atoms. The molecule has 0 spiro atoms. The van der Waals surface area contributed by atoms with E-state index in [1.165, 1.54) is 18.5 Å². The van der Waals surface area contributed by atoms with Crippen LogP contribution >= 0.6 is 0 Å². The number of aromatic nitrogens is 4. The van der Waals surface area contributed by atoms with Crippen LogP contribution < -0.4 is 10.6 Å². The Labute approximate surface area is 133 Å². The number of nitrogen functional groups attached to an aromatic ring is 1. The molecule has 0 radical (unpaired) electrons. The zero-order chi connectivity index (χ0) is 16.2. The number of rotatable bonds is 2. The summed E-state index contributed by atoms with van der Waals surface area (Å²) < 4.78 is 0. The number of H-pyrrole nitrogens is 1. The van der Waals surface area contributed by atoms with Crippen LogP contribution in [-0.2, 0) is 4.79 Å². The molecule has 0 aliphatic carbocycles. The highest BCUT2D eigenvalue weighted by atomic mass is 16.1. The molecule has 1 aliphatic rings. The van der Waals surface area contributed by atoms with Gasteiger partial charge in [0.2, 0.25) is 5.95 Å². The highest BCUT2D eigenvalue weighted by molar-refractivity contribution is 6.02. The van der Waals surface area contributed by atoms with Crippen LogP contribution in [0.4, 0.5) is 11.6 Å². The van der Waals surface area contributed by atoms with Gasteiger partial charge >= 0.3 is 0 Å². The summed E-state index contributed by atoms with van der Waals surface area (Å²) in [5.74, 6) is 0.286. The van der Waals surface area contributed by atoms with Gasteiger partial charge in [-0.05, 0) is 25.0 Å². The van der Waals surface area contributed by atoms with Gasteiger partial charge in [-0.1, -0.05) is 0 Å². The highest BCUT2D eigenvalue weighted by Gasteiger charge is 2.19. The van der Waals surface area contributed by atoms with Gasteiger partial charge in [0.1, 0.15) is 12.4 Å². The molecule has 1 fully saturated rings. The monoisotopic (exact) mass is 310 g/mol. The maximum absolute atomic E-state index is 8.00. The van der Waals surface area contributed by atoms with Crippen molar-refractivity contribution < 1.29 is 4.79 Å². The number of nitrogens with two attached hydrogens (primary N) is 1. The van der Waals surface area contributed by atoms with E-state index in [4.69, 9.17) is 10.5 Å². The number of hydrogen-bond acceptors (Lipinski definition) is 6. The molecule has 0 amide bonds. The number of carbonyl (C=O) groups is 1. The number of fused-ring (bicyclic) bond motifs is 1. The summed E-state index contributed by atoms with van der Waals surface area (Å²) in [5.41, 5.74) is 9.65. The van der Waals surface area contributed by atoms with Crippen molar-refractivity contribution in [3.63, 3.8) is 0 Å². The number of aromatic amines is 1. The smallest absolute Gasteiger partial charge is 0.220 e. The van der Waals surface area contributed by atoms with E-state index in [2.05, 4.69) is 30.9 Å². The predicted molar refractivity (Wildman–Crippen MR) is 90.1 cm³/mol. The van der Waals surface area contributed by atoms with E-state index >= 15 is 0 Å². The Kier molecular flexibility index (Phi) is 4.18. The van der Waals surface area contributed by atoms with Gasteiger partial charge in [-0.2, -0.15) is 0 Å². The van der Waals surface area contributed by atoms with Gasteiger partial charge < -0.3 is 20.4 Å². The molecule has 3 aromatic heterocycles. The zero-order valence-electron chi connectivity index (χ0n) is 12.7. The Bertz CT molecular complexity index is 809. The second-order valence-electron chi connectivity index (χ2n) is 5.25. The average Bonchev–Trinajstić information content (AvgIpc) is 3.26. The lowest BCUT2D eigenvalue weighted by atomic mass is 10.1. The minimum atomic E-state index is 0.286. The number of anilines is 2. The van der Waals surface area contributed by atoms with E-state index in [-0.39, 0.29) is 5.95 Å². The lowest BCUT2D eigenvalue weighted by Gasteiger charge is -2.19. The molecule has 0 atom stereocenters. The van der Waals surface area contributed by atoms with E-state index < -0.39 is 0 Å². The minimum absolute atomic E-state index is 0.286. The maximum atomic E-state index is 8.00. The number of hydrogen-bond donors (Lipinski definition) is 2. The van der Waals surface area contributed by atoms with Gasteiger partial charge in [0.25, 0.3) is 0 Å². The van der Waals surface area contributed by atoms with E-state index in [0.717, 1.165) is 35.4 Å². The predicted octanol–water partition coefficient (Wildman–Crippen LogP) is 2.02. The van der Waals surface area contributed by atoms with Crippen LogP contribution in [0.1, 0.15) is 12.8 Å². The van der Waals surface area contributed by atoms with Crippen molar-refractivity contribution in [1.29, 1.82) is 0 Å². The van der Waals surface area contributed by atoms with Crippen molar-refractivity contribution in [3.05, 3.63) is 30.7 Å². The van der Waals surface area contributed by atoms with Crippen molar-refractivity contribution in [3.8, 4) is 11.3 Å². The van der Waals surface area contributed by atoms with Crippen LogP contribution in [0.25, 0.3) is 22.3 Å². The fraction of sp³-hybridized carbons (Fsp3) is 0.250. The molecule has 3 aromatic rings. The summed E-state index contributed by atoms with van der Waals surface area (Å²) in [6.07, 6.45) is 7.96. The number of pyridine rings is 1. The topological polar surface area (TPSA) is 101 Å². The standard InChI is InChI=1S/C15H16N6.CH2O/c16-15-18-5-3-11(20-15)10-9-19-14-13(10)12(4-6-17-14)21-7-1-2-8-21;1-2/h3-6,9H,1-2,7-8H2,(H,17,19)(H2,16,18,20);1H2. The van der Waals surface area contributed by atoms with E-state index in [1.807, 2.05) is 25.2 Å².